The highest BCUT2D eigenvalue weighted by Gasteiger charge is 2.24. The van der Waals surface area contributed by atoms with Crippen molar-refractivity contribution in [2.24, 2.45) is 0 Å². The van der Waals surface area contributed by atoms with Crippen molar-refractivity contribution < 1.29 is 9.53 Å². The zero-order valence-corrected chi connectivity index (χ0v) is 13.9. The van der Waals surface area contributed by atoms with Crippen molar-refractivity contribution in [2.45, 2.75) is 30.1 Å². The SMILES string of the molecule is COC(=O)CCN1c2ccc(C)cc2Sc2cc(C)ccc21. The van der Waals surface area contributed by atoms with Crippen molar-refractivity contribution in [1.82, 2.24) is 0 Å². The van der Waals surface area contributed by atoms with Gasteiger partial charge in [0.1, 0.15) is 0 Å². The lowest BCUT2D eigenvalue weighted by Gasteiger charge is -2.33. The van der Waals surface area contributed by atoms with Crippen LogP contribution in [0.3, 0.4) is 0 Å². The Morgan fingerprint density at radius 3 is 2.09 bits per heavy atom. The fraction of sp³-hybridized carbons (Fsp3) is 0.278. The van der Waals surface area contributed by atoms with Gasteiger partial charge >= 0.3 is 5.97 Å². The quantitative estimate of drug-likeness (QED) is 0.782. The molecule has 0 unspecified atom stereocenters. The number of nitrogens with zero attached hydrogens (tertiary/aromatic N) is 1. The minimum absolute atomic E-state index is 0.180. The van der Waals surface area contributed by atoms with Gasteiger partial charge in [-0.2, -0.15) is 0 Å². The number of hydrogen-bond donors (Lipinski definition) is 0. The first-order valence-electron chi connectivity index (χ1n) is 7.32. The van der Waals surface area contributed by atoms with Crippen molar-refractivity contribution >= 4 is 29.1 Å². The lowest BCUT2D eigenvalue weighted by atomic mass is 10.1. The number of benzene rings is 2. The Hall–Kier alpha value is -1.94. The molecule has 0 spiro atoms. The normalized spacial score (nSPS) is 12.6. The van der Waals surface area contributed by atoms with E-state index in [9.17, 15) is 4.79 Å². The maximum absolute atomic E-state index is 11.5. The Labute approximate surface area is 135 Å². The molecule has 0 saturated heterocycles. The molecule has 2 aromatic carbocycles. The van der Waals surface area contributed by atoms with Gasteiger partial charge in [-0.05, 0) is 49.2 Å². The van der Waals surface area contributed by atoms with Gasteiger partial charge in [0.25, 0.3) is 0 Å². The van der Waals surface area contributed by atoms with Crippen LogP contribution in [0.25, 0.3) is 0 Å². The molecular weight excluding hydrogens is 294 g/mol. The molecule has 0 bridgehead atoms. The zero-order chi connectivity index (χ0) is 15.7. The summed E-state index contributed by atoms with van der Waals surface area (Å²) < 4.78 is 4.78. The average molecular weight is 313 g/mol. The van der Waals surface area contributed by atoms with E-state index < -0.39 is 0 Å². The van der Waals surface area contributed by atoms with Crippen LogP contribution in [-0.2, 0) is 9.53 Å². The Morgan fingerprint density at radius 1 is 1.05 bits per heavy atom. The van der Waals surface area contributed by atoms with E-state index in [2.05, 4.69) is 55.1 Å². The van der Waals surface area contributed by atoms with Gasteiger partial charge in [0.15, 0.2) is 0 Å². The van der Waals surface area contributed by atoms with Crippen LogP contribution in [0.2, 0.25) is 0 Å². The van der Waals surface area contributed by atoms with Crippen LogP contribution in [0.4, 0.5) is 11.4 Å². The smallest absolute Gasteiger partial charge is 0.307 e. The van der Waals surface area contributed by atoms with Crippen LogP contribution in [-0.4, -0.2) is 19.6 Å². The van der Waals surface area contributed by atoms with Crippen molar-refractivity contribution in [3.63, 3.8) is 0 Å². The van der Waals surface area contributed by atoms with Gasteiger partial charge in [-0.3, -0.25) is 4.79 Å². The third kappa shape index (κ3) is 2.83. The molecule has 3 rings (SSSR count). The zero-order valence-electron chi connectivity index (χ0n) is 13.1. The second kappa shape index (κ2) is 6.05. The van der Waals surface area contributed by atoms with Crippen molar-refractivity contribution in [2.75, 3.05) is 18.6 Å². The van der Waals surface area contributed by atoms with E-state index >= 15 is 0 Å². The number of carbonyl (C=O) groups is 1. The molecule has 0 amide bonds. The van der Waals surface area contributed by atoms with Gasteiger partial charge < -0.3 is 9.64 Å². The number of carbonyl (C=O) groups excluding carboxylic acids is 1. The molecule has 0 fully saturated rings. The predicted octanol–water partition coefficient (Wildman–Crippen LogP) is 4.47. The van der Waals surface area contributed by atoms with Crippen LogP contribution < -0.4 is 4.90 Å². The van der Waals surface area contributed by atoms with E-state index in [1.165, 1.54) is 28.0 Å². The van der Waals surface area contributed by atoms with Gasteiger partial charge in [-0.1, -0.05) is 23.9 Å². The second-order valence-corrected chi connectivity index (χ2v) is 6.61. The van der Waals surface area contributed by atoms with E-state index in [-0.39, 0.29) is 5.97 Å². The number of anilines is 2. The minimum Gasteiger partial charge on any atom is -0.469 e. The number of methoxy groups -OCH3 is 1. The third-order valence-electron chi connectivity index (χ3n) is 3.80. The molecule has 0 aromatic heterocycles. The number of ether oxygens (including phenoxy) is 1. The molecule has 114 valence electrons. The molecule has 1 aliphatic heterocycles. The van der Waals surface area contributed by atoms with Crippen LogP contribution in [0, 0.1) is 13.8 Å². The summed E-state index contributed by atoms with van der Waals surface area (Å²) in [6.45, 7) is 4.83. The Kier molecular flexibility index (Phi) is 4.12. The number of fused-ring (bicyclic) bond motifs is 2. The van der Waals surface area contributed by atoms with Gasteiger partial charge in [0.05, 0.1) is 24.9 Å². The maximum atomic E-state index is 11.5. The molecule has 22 heavy (non-hydrogen) atoms. The van der Waals surface area contributed by atoms with Crippen LogP contribution in [0.15, 0.2) is 46.2 Å². The van der Waals surface area contributed by atoms with Crippen molar-refractivity contribution in [3.8, 4) is 0 Å². The highest BCUT2D eigenvalue weighted by atomic mass is 32.2. The standard InChI is InChI=1S/C18H19NO2S/c1-12-4-6-14-16(10-12)22-17-11-13(2)5-7-15(17)19(14)9-8-18(20)21-3/h4-7,10-11H,8-9H2,1-3H3. The summed E-state index contributed by atoms with van der Waals surface area (Å²) in [6, 6.07) is 12.9. The molecule has 4 heteroatoms. The second-order valence-electron chi connectivity index (χ2n) is 5.52. The topological polar surface area (TPSA) is 29.5 Å². The molecule has 2 aromatic rings. The van der Waals surface area contributed by atoms with E-state index in [0.717, 1.165) is 11.4 Å². The van der Waals surface area contributed by atoms with Crippen molar-refractivity contribution in [1.29, 1.82) is 0 Å². The van der Waals surface area contributed by atoms with Crippen LogP contribution in [0.5, 0.6) is 0 Å². The summed E-state index contributed by atoms with van der Waals surface area (Å²) in [5, 5.41) is 0. The van der Waals surface area contributed by atoms with Crippen molar-refractivity contribution in [3.05, 3.63) is 47.5 Å². The summed E-state index contributed by atoms with van der Waals surface area (Å²) >= 11 is 1.80. The summed E-state index contributed by atoms with van der Waals surface area (Å²) in [7, 11) is 1.43. The lowest BCUT2D eigenvalue weighted by Crippen LogP contribution is -2.24. The molecule has 0 radical (unpaired) electrons. The molecule has 0 saturated carbocycles. The molecule has 1 aliphatic rings. The summed E-state index contributed by atoms with van der Waals surface area (Å²) in [6.07, 6.45) is 0.377. The van der Waals surface area contributed by atoms with E-state index in [0.29, 0.717) is 13.0 Å². The first-order valence-corrected chi connectivity index (χ1v) is 8.13. The molecule has 0 N–H and O–H groups in total. The van der Waals surface area contributed by atoms with Gasteiger partial charge in [-0.25, -0.2) is 0 Å². The number of hydrogen-bond acceptors (Lipinski definition) is 4. The number of aryl methyl sites for hydroxylation is 2. The van der Waals surface area contributed by atoms with E-state index in [1.54, 1.807) is 11.8 Å². The number of rotatable bonds is 3. The Bertz CT molecular complexity index is 676. The van der Waals surface area contributed by atoms with E-state index in [1.807, 2.05) is 0 Å². The fourth-order valence-electron chi connectivity index (χ4n) is 2.65. The Balaban J connectivity index is 2.02. The van der Waals surface area contributed by atoms with Gasteiger partial charge in [0, 0.05) is 16.3 Å². The summed E-state index contributed by atoms with van der Waals surface area (Å²) in [4.78, 5) is 16.2. The minimum atomic E-state index is -0.180. The largest absolute Gasteiger partial charge is 0.469 e. The maximum Gasteiger partial charge on any atom is 0.307 e. The molecule has 1 heterocycles. The molecule has 3 nitrogen and oxygen atoms in total. The highest BCUT2D eigenvalue weighted by Crippen LogP contribution is 2.48. The summed E-state index contributed by atoms with van der Waals surface area (Å²) in [5.41, 5.74) is 4.82. The molecular formula is C18H19NO2S. The Morgan fingerprint density at radius 2 is 1.59 bits per heavy atom. The predicted molar refractivity (Wildman–Crippen MR) is 90.1 cm³/mol. The first kappa shape index (κ1) is 15.0. The number of esters is 1. The first-order chi connectivity index (χ1) is 10.6. The average Bonchev–Trinajstić information content (AvgIpc) is 2.50. The molecule has 0 atom stereocenters. The third-order valence-corrected chi connectivity index (χ3v) is 4.89. The fourth-order valence-corrected chi connectivity index (χ4v) is 3.94. The highest BCUT2D eigenvalue weighted by molar-refractivity contribution is 7.99. The summed E-state index contributed by atoms with van der Waals surface area (Å²) in [5.74, 6) is -0.180. The monoisotopic (exact) mass is 313 g/mol. The lowest BCUT2D eigenvalue weighted by molar-refractivity contribution is -0.140. The van der Waals surface area contributed by atoms with Crippen LogP contribution in [0.1, 0.15) is 17.5 Å². The van der Waals surface area contributed by atoms with E-state index in [4.69, 9.17) is 4.74 Å². The van der Waals surface area contributed by atoms with Gasteiger partial charge in [0.2, 0.25) is 0 Å². The van der Waals surface area contributed by atoms with Gasteiger partial charge in [-0.15, -0.1) is 0 Å². The molecule has 0 aliphatic carbocycles. The van der Waals surface area contributed by atoms with Crippen LogP contribution >= 0.6 is 11.8 Å².